The first-order chi connectivity index (χ1) is 16.6. The summed E-state index contributed by atoms with van der Waals surface area (Å²) < 4.78 is 16.0. The topological polar surface area (TPSA) is 18.5 Å². The summed E-state index contributed by atoms with van der Waals surface area (Å²) in [5.41, 5.74) is 0. The van der Waals surface area contributed by atoms with Crippen molar-refractivity contribution in [1.29, 1.82) is 0 Å². The van der Waals surface area contributed by atoms with Crippen LogP contribution in [0.25, 0.3) is 21.5 Å². The van der Waals surface area contributed by atoms with Crippen molar-refractivity contribution >= 4 is 42.4 Å². The Morgan fingerprint density at radius 1 is 0.605 bits per heavy atom. The van der Waals surface area contributed by atoms with E-state index >= 15 is 0 Å². The molecule has 0 radical (unpaired) electrons. The van der Waals surface area contributed by atoms with E-state index in [-0.39, 0.29) is 34.9 Å². The first-order valence-electron chi connectivity index (χ1n) is 12.6. The predicted octanol–water partition coefficient (Wildman–Crippen LogP) is 3.86. The molecule has 0 amide bonds. The zero-order valence-corrected chi connectivity index (χ0v) is 31.8. The Kier molecular flexibility index (Phi) is 14.2. The number of benzene rings is 2. The molecule has 4 rings (SSSR count). The van der Waals surface area contributed by atoms with E-state index in [2.05, 4.69) is 145 Å². The van der Waals surface area contributed by atoms with E-state index in [0.29, 0.717) is 0 Å². The fraction of sp³-hybridized carbons (Fsp3) is 0.387. The van der Waals surface area contributed by atoms with Crippen LogP contribution in [0.5, 0.6) is 11.5 Å². The van der Waals surface area contributed by atoms with E-state index in [9.17, 15) is 0 Å². The van der Waals surface area contributed by atoms with Crippen molar-refractivity contribution in [2.75, 3.05) is 0 Å². The Balaban J connectivity index is 0.000000645. The minimum absolute atomic E-state index is 0. The molecule has 0 heterocycles. The molecule has 38 heavy (non-hydrogen) atoms. The fourth-order valence-corrected chi connectivity index (χ4v) is 5.28. The molecule has 0 fully saturated rings. The van der Waals surface area contributed by atoms with Gasteiger partial charge in [-0.15, -0.1) is 82.2 Å². The average Bonchev–Trinajstić information content (AvgIpc) is 3.35. The van der Waals surface area contributed by atoms with Crippen molar-refractivity contribution in [3.05, 3.63) is 72.8 Å². The summed E-state index contributed by atoms with van der Waals surface area (Å²) in [5, 5.41) is 5.55. The molecule has 4 aromatic carbocycles. The molecule has 0 aliphatic rings. The number of hydrogen-bond donors (Lipinski definition) is 0. The summed E-state index contributed by atoms with van der Waals surface area (Å²) in [6, 6.07) is 25.4. The third kappa shape index (κ3) is 9.58. The van der Waals surface area contributed by atoms with E-state index in [1.54, 1.807) is 0 Å². The van der Waals surface area contributed by atoms with Gasteiger partial charge < -0.3 is 33.7 Å². The van der Waals surface area contributed by atoms with Crippen LogP contribution in [-0.4, -0.2) is 20.9 Å². The zero-order valence-electron chi connectivity index (χ0n) is 24.7. The molecule has 0 aliphatic heterocycles. The van der Waals surface area contributed by atoms with Crippen LogP contribution < -0.4 is 33.7 Å². The molecule has 0 bridgehead atoms. The molecule has 0 saturated heterocycles. The molecular weight excluding hydrogens is 710 g/mol. The molecule has 0 N–H and O–H groups in total. The van der Waals surface area contributed by atoms with Crippen molar-refractivity contribution in [1.82, 2.24) is 0 Å². The van der Waals surface area contributed by atoms with Crippen LogP contribution in [0.15, 0.2) is 72.8 Å². The maximum absolute atomic E-state index is 6.29. The largest absolute Gasteiger partial charge is 1.00 e. The van der Waals surface area contributed by atoms with Crippen LogP contribution in [0.1, 0.15) is 41.5 Å². The fourth-order valence-electron chi connectivity index (χ4n) is 3.26. The minimum atomic E-state index is -1.71. The van der Waals surface area contributed by atoms with Crippen molar-refractivity contribution < 1.29 is 57.6 Å². The van der Waals surface area contributed by atoms with Crippen LogP contribution in [0.3, 0.4) is 0 Å². The number of rotatable bonds is 4. The maximum Gasteiger partial charge on any atom is -1.00 e. The smallest absolute Gasteiger partial charge is 1.00 e. The predicted molar refractivity (Wildman–Crippen MR) is 162 cm³/mol. The quantitative estimate of drug-likeness (QED) is 0.233. The van der Waals surface area contributed by atoms with Crippen LogP contribution in [0, 0.1) is 0 Å². The molecule has 0 atom stereocenters. The molecule has 2 nitrogen and oxygen atoms in total. The summed E-state index contributed by atoms with van der Waals surface area (Å²) in [5.74, 6) is 2.05. The van der Waals surface area contributed by atoms with Gasteiger partial charge in [-0.05, 0) is 36.3 Å². The molecule has 0 spiro atoms. The zero-order chi connectivity index (χ0) is 27.4. The van der Waals surface area contributed by atoms with Gasteiger partial charge >= 0.3 is 28.2 Å². The molecule has 0 unspecified atom stereocenters. The molecular formula is C31H44Cl2HfO2Si2-2. The summed E-state index contributed by atoms with van der Waals surface area (Å²) in [6.07, 6.45) is 0. The third-order valence-corrected chi connectivity index (χ3v) is 16.3. The van der Waals surface area contributed by atoms with Gasteiger partial charge in [-0.25, -0.2) is 0 Å². The summed E-state index contributed by atoms with van der Waals surface area (Å²) in [4.78, 5) is 0. The maximum atomic E-state index is 6.29. The average molecular weight is 754 g/mol. The second-order valence-corrected chi connectivity index (χ2v) is 21.8. The minimum Gasteiger partial charge on any atom is -1.00 e. The van der Waals surface area contributed by atoms with Gasteiger partial charge in [0.05, 0.1) is 0 Å². The van der Waals surface area contributed by atoms with E-state index in [0.717, 1.165) is 35.4 Å². The Bertz CT molecular complexity index is 1100. The van der Waals surface area contributed by atoms with Crippen LogP contribution in [-0.2, 0) is 23.9 Å². The normalized spacial score (nSPS) is 11.8. The van der Waals surface area contributed by atoms with Crippen molar-refractivity contribution in [2.24, 2.45) is 0 Å². The second kappa shape index (κ2) is 14.6. The number of fused-ring (bicyclic) bond motifs is 2. The van der Waals surface area contributed by atoms with E-state index in [1.807, 2.05) is 0 Å². The molecule has 0 saturated carbocycles. The van der Waals surface area contributed by atoms with Crippen molar-refractivity contribution in [3.8, 4) is 11.5 Å². The van der Waals surface area contributed by atoms with Gasteiger partial charge in [-0.1, -0.05) is 53.7 Å². The summed E-state index contributed by atoms with van der Waals surface area (Å²) in [7, 11) is -3.42. The Hall–Kier alpha value is -0.986. The van der Waals surface area contributed by atoms with Gasteiger partial charge in [0.25, 0.3) is 0 Å². The standard InChI is InChI=1S/2C15H21OSi.CH2.2ClH.Hf/c2*1-15(2,3)17(4,5)16-14-10-12-8-6-7-9-13(12)11-14;;;;/h2*6-11H,1-5H3;1H2;2*1H;/q2*-1;;;;+2/p-2. The molecule has 208 valence electrons. The summed E-state index contributed by atoms with van der Waals surface area (Å²) >= 11 is 1.06. The Morgan fingerprint density at radius 3 is 1.16 bits per heavy atom. The van der Waals surface area contributed by atoms with Gasteiger partial charge in [0.15, 0.2) is 0 Å². The van der Waals surface area contributed by atoms with Crippen LogP contribution in [0.4, 0.5) is 0 Å². The van der Waals surface area contributed by atoms with Gasteiger partial charge in [-0.2, -0.15) is 0 Å². The van der Waals surface area contributed by atoms with Gasteiger partial charge in [0.1, 0.15) is 0 Å². The number of halogens is 2. The SMILES string of the molecule is CC(C)(C)[Si](C)(C)Oc1cc2ccccc2[cH-]1.CC(C)(C)[Si](C)(C)Oc1cc2ccccc2[cH-]1.[CH2]=[Hf+2].[Cl-].[Cl-]. The molecule has 4 aromatic rings. The van der Waals surface area contributed by atoms with Crippen molar-refractivity contribution in [2.45, 2.75) is 77.8 Å². The first-order valence-corrected chi connectivity index (χ1v) is 21.0. The third-order valence-electron chi connectivity index (χ3n) is 7.54. The Morgan fingerprint density at radius 2 is 0.895 bits per heavy atom. The first kappa shape index (κ1) is 37.0. The molecule has 0 aliphatic carbocycles. The summed E-state index contributed by atoms with van der Waals surface area (Å²) in [6.45, 7) is 22.7. The molecule has 7 heteroatoms. The van der Waals surface area contributed by atoms with E-state index in [1.165, 1.54) is 21.5 Å². The monoisotopic (exact) mass is 754 g/mol. The second-order valence-electron chi connectivity index (χ2n) is 12.4. The molecule has 0 aromatic heterocycles. The van der Waals surface area contributed by atoms with Crippen molar-refractivity contribution in [3.63, 3.8) is 0 Å². The van der Waals surface area contributed by atoms with E-state index in [4.69, 9.17) is 8.85 Å². The number of hydrogen-bond acceptors (Lipinski definition) is 2. The van der Waals surface area contributed by atoms with Crippen LogP contribution in [0.2, 0.25) is 36.3 Å². The van der Waals surface area contributed by atoms with Crippen LogP contribution >= 0.6 is 0 Å². The van der Waals surface area contributed by atoms with Gasteiger partial charge in [0, 0.05) is 11.5 Å². The van der Waals surface area contributed by atoms with Gasteiger partial charge in [0.2, 0.25) is 16.6 Å². The van der Waals surface area contributed by atoms with Gasteiger partial charge in [-0.3, -0.25) is 0 Å². The Labute approximate surface area is 260 Å². The van der Waals surface area contributed by atoms with E-state index < -0.39 is 16.6 Å².